The minimum atomic E-state index is 0.255. The fourth-order valence-corrected chi connectivity index (χ4v) is 6.09. The Labute approximate surface area is 274 Å². The Kier molecular flexibility index (Phi) is 13.3. The van der Waals surface area contributed by atoms with Crippen molar-refractivity contribution >= 4 is 55.9 Å². The van der Waals surface area contributed by atoms with Crippen molar-refractivity contribution < 1.29 is 0 Å². The van der Waals surface area contributed by atoms with Crippen molar-refractivity contribution in [3.05, 3.63) is 133 Å². The van der Waals surface area contributed by atoms with E-state index in [1.165, 1.54) is 49.8 Å². The first kappa shape index (κ1) is 33.9. The van der Waals surface area contributed by atoms with Crippen molar-refractivity contribution in [3.63, 3.8) is 0 Å². The second kappa shape index (κ2) is 16.9. The summed E-state index contributed by atoms with van der Waals surface area (Å²) in [6, 6.07) is 22.7. The van der Waals surface area contributed by atoms with Gasteiger partial charge in [0.2, 0.25) is 0 Å². The van der Waals surface area contributed by atoms with Crippen LogP contribution in [0.15, 0.2) is 127 Å². The van der Waals surface area contributed by atoms with E-state index in [2.05, 4.69) is 152 Å². The number of fused-ring (bicyclic) bond motifs is 4. The molecule has 0 fully saturated rings. The molecule has 4 aromatic rings. The van der Waals surface area contributed by atoms with Crippen LogP contribution in [0.4, 0.5) is 5.69 Å². The monoisotopic (exact) mass is 682 g/mol. The molecule has 0 radical (unpaired) electrons. The minimum absolute atomic E-state index is 0.255. The summed E-state index contributed by atoms with van der Waals surface area (Å²) in [6.45, 7) is 19.5. The number of hydrogen-bond acceptors (Lipinski definition) is 1. The number of allylic oxidation sites excluding steroid dienone is 10. The van der Waals surface area contributed by atoms with Gasteiger partial charge in [0, 0.05) is 33.9 Å². The first-order valence-corrected chi connectivity index (χ1v) is 16.7. The van der Waals surface area contributed by atoms with Crippen molar-refractivity contribution in [2.75, 3.05) is 9.66 Å². The molecule has 1 aliphatic carbocycles. The zero-order valence-electron chi connectivity index (χ0n) is 26.9. The van der Waals surface area contributed by atoms with Crippen LogP contribution in [0.5, 0.6) is 0 Å². The van der Waals surface area contributed by atoms with Crippen LogP contribution >= 0.6 is 22.9 Å². The molecule has 1 aromatic heterocycles. The van der Waals surface area contributed by atoms with E-state index in [1.807, 2.05) is 48.5 Å². The van der Waals surface area contributed by atoms with E-state index in [0.717, 1.165) is 18.5 Å². The van der Waals surface area contributed by atoms with E-state index in [1.54, 1.807) is 0 Å². The van der Waals surface area contributed by atoms with E-state index in [0.29, 0.717) is 0 Å². The SMILES string of the molecule is C=C1\C=C(/C=C\C=C/C)CCN(I)c2ccc(-c3ccc4c(c3)c3ccccc3n4C3C=CC=C3)cc21.CC.CC.CC. The van der Waals surface area contributed by atoms with Gasteiger partial charge in [-0.05, 0) is 65.9 Å². The molecule has 2 heterocycles. The smallest absolute Gasteiger partial charge is 0.0712 e. The van der Waals surface area contributed by atoms with Gasteiger partial charge in [0.15, 0.2) is 0 Å². The largest absolute Gasteiger partial charge is 0.330 e. The topological polar surface area (TPSA) is 8.17 Å². The van der Waals surface area contributed by atoms with Crippen molar-refractivity contribution in [1.82, 2.24) is 4.57 Å². The molecule has 0 bridgehead atoms. The van der Waals surface area contributed by atoms with Gasteiger partial charge in [-0.1, -0.05) is 133 Å². The molecule has 3 aromatic carbocycles. The Hall–Kier alpha value is -3.57. The van der Waals surface area contributed by atoms with Crippen molar-refractivity contribution in [2.24, 2.45) is 0 Å². The van der Waals surface area contributed by atoms with Crippen molar-refractivity contribution in [2.45, 2.75) is 60.9 Å². The fraction of sp³-hybridized carbons (Fsp3) is 0.250. The highest BCUT2D eigenvalue weighted by molar-refractivity contribution is 14.1. The maximum absolute atomic E-state index is 4.47. The molecule has 6 rings (SSSR count). The van der Waals surface area contributed by atoms with Gasteiger partial charge in [-0.15, -0.1) is 0 Å². The molecule has 0 spiro atoms. The Morgan fingerprint density at radius 3 is 2.16 bits per heavy atom. The average Bonchev–Trinajstić information content (AvgIpc) is 3.71. The highest BCUT2D eigenvalue weighted by atomic mass is 127. The molecule has 3 heteroatoms. The molecule has 0 atom stereocenters. The zero-order valence-corrected chi connectivity index (χ0v) is 29.1. The lowest BCUT2D eigenvalue weighted by Crippen LogP contribution is -2.14. The van der Waals surface area contributed by atoms with E-state index < -0.39 is 0 Å². The molecule has 224 valence electrons. The van der Waals surface area contributed by atoms with E-state index in [-0.39, 0.29) is 6.04 Å². The summed E-state index contributed by atoms with van der Waals surface area (Å²) >= 11 is 2.44. The normalized spacial score (nSPS) is 15.7. The third kappa shape index (κ3) is 7.51. The molecular weight excluding hydrogens is 635 g/mol. The van der Waals surface area contributed by atoms with Crippen LogP contribution in [0.1, 0.15) is 66.5 Å². The number of benzene rings is 3. The second-order valence-electron chi connectivity index (χ2n) is 9.58. The highest BCUT2D eigenvalue weighted by Gasteiger charge is 2.18. The Morgan fingerprint density at radius 1 is 0.791 bits per heavy atom. The van der Waals surface area contributed by atoms with Gasteiger partial charge < -0.3 is 7.68 Å². The fourth-order valence-electron chi connectivity index (χ4n) is 5.42. The predicted octanol–water partition coefficient (Wildman–Crippen LogP) is 12.8. The number of aromatic nitrogens is 1. The van der Waals surface area contributed by atoms with E-state index in [4.69, 9.17) is 0 Å². The van der Waals surface area contributed by atoms with E-state index >= 15 is 0 Å². The molecule has 0 saturated carbocycles. The maximum atomic E-state index is 4.47. The molecule has 0 amide bonds. The molecule has 0 saturated heterocycles. The minimum Gasteiger partial charge on any atom is -0.330 e. The molecule has 0 unspecified atom stereocenters. The van der Waals surface area contributed by atoms with Crippen LogP contribution in [-0.4, -0.2) is 11.1 Å². The average molecular weight is 683 g/mol. The number of halogens is 1. The molecule has 2 nitrogen and oxygen atoms in total. The first-order chi connectivity index (χ1) is 21.1. The predicted molar refractivity (Wildman–Crippen MR) is 203 cm³/mol. The second-order valence-corrected chi connectivity index (χ2v) is 10.7. The molecular formula is C40H47IN2. The van der Waals surface area contributed by atoms with Crippen LogP contribution in [0.2, 0.25) is 0 Å². The van der Waals surface area contributed by atoms with Gasteiger partial charge in [-0.2, -0.15) is 0 Å². The summed E-state index contributed by atoms with van der Waals surface area (Å²) in [4.78, 5) is 0. The Morgan fingerprint density at radius 2 is 1.44 bits per heavy atom. The summed E-state index contributed by atoms with van der Waals surface area (Å²) in [5.41, 5.74) is 9.73. The van der Waals surface area contributed by atoms with Crippen LogP contribution in [0.3, 0.4) is 0 Å². The number of hydrogen-bond donors (Lipinski definition) is 0. The maximum Gasteiger partial charge on any atom is 0.0712 e. The van der Waals surface area contributed by atoms with Gasteiger partial charge in [-0.3, -0.25) is 0 Å². The van der Waals surface area contributed by atoms with Gasteiger partial charge in [0.05, 0.1) is 34.6 Å². The molecule has 0 N–H and O–H groups in total. The summed E-state index contributed by atoms with van der Waals surface area (Å²) in [7, 11) is 0. The lowest BCUT2D eigenvalue weighted by molar-refractivity contribution is 0.791. The lowest BCUT2D eigenvalue weighted by atomic mass is 9.94. The number of rotatable bonds is 4. The summed E-state index contributed by atoms with van der Waals surface area (Å²) < 4.78 is 4.76. The highest BCUT2D eigenvalue weighted by Crippen LogP contribution is 2.39. The van der Waals surface area contributed by atoms with Crippen LogP contribution in [0, 0.1) is 0 Å². The lowest BCUT2D eigenvalue weighted by Gasteiger charge is -2.24. The zero-order chi connectivity index (χ0) is 31.4. The van der Waals surface area contributed by atoms with Gasteiger partial charge >= 0.3 is 0 Å². The summed E-state index contributed by atoms with van der Waals surface area (Å²) in [5, 5.41) is 2.59. The quantitative estimate of drug-likeness (QED) is 0.118. The van der Waals surface area contributed by atoms with Gasteiger partial charge in [0.25, 0.3) is 0 Å². The Balaban J connectivity index is 0.000000796. The number of anilines is 1. The number of para-hydroxylation sites is 1. The molecule has 2 aliphatic rings. The van der Waals surface area contributed by atoms with E-state index in [9.17, 15) is 0 Å². The van der Waals surface area contributed by atoms with Gasteiger partial charge in [0.1, 0.15) is 0 Å². The molecule has 43 heavy (non-hydrogen) atoms. The van der Waals surface area contributed by atoms with Crippen LogP contribution < -0.4 is 3.11 Å². The summed E-state index contributed by atoms with van der Waals surface area (Å²) in [6.07, 6.45) is 20.4. The third-order valence-corrected chi connectivity index (χ3v) is 8.25. The van der Waals surface area contributed by atoms with Crippen LogP contribution in [-0.2, 0) is 0 Å². The van der Waals surface area contributed by atoms with Gasteiger partial charge in [-0.25, -0.2) is 0 Å². The Bertz CT molecular complexity index is 1660. The first-order valence-electron chi connectivity index (χ1n) is 15.8. The summed E-state index contributed by atoms with van der Waals surface area (Å²) in [5.74, 6) is 0. The molecule has 1 aliphatic heterocycles. The third-order valence-electron chi connectivity index (χ3n) is 7.24. The van der Waals surface area contributed by atoms with Crippen LogP contribution in [0.25, 0.3) is 38.5 Å². The standard InChI is InChI=1S/C34H29IN2.3C2H6/c1-3-4-5-10-25-19-20-36(35)32-17-15-26(22-30(32)24(2)21-25)27-16-18-34-31(23-27)29-13-8-9-14-33(29)37(34)28-11-6-7-12-28;3*1-2/h3-18,21-23,28H,2,19-20H2,1H3;3*1-2H3/b4-3-,10-5-,25-21+;;;. The number of nitrogens with zero attached hydrogens (tertiary/aromatic N) is 2. The van der Waals surface area contributed by atoms with Crippen molar-refractivity contribution in [1.29, 1.82) is 0 Å². The van der Waals surface area contributed by atoms with Crippen molar-refractivity contribution in [3.8, 4) is 11.1 Å².